The molecule has 2 aromatic heterocycles. The Kier molecular flexibility index (Phi) is 5.09. The van der Waals surface area contributed by atoms with Gasteiger partial charge in [-0.15, -0.1) is 0 Å². The summed E-state index contributed by atoms with van der Waals surface area (Å²) >= 11 is 1.39. The number of para-hydroxylation sites is 1. The molecule has 0 aliphatic rings. The van der Waals surface area contributed by atoms with Gasteiger partial charge in [-0.1, -0.05) is 29.5 Å². The number of nitrogens with one attached hydrogen (secondary N) is 1. The Morgan fingerprint density at radius 3 is 2.83 bits per heavy atom. The standard InChI is InChI=1S/C21H18N4O3S/c1-13-7-8-16-18(11-13)29-21(22-16)23-19(26)12-25-20(27)10-9-15(24-25)14-5-3-4-6-17(14)28-2/h3-11H,12H2,1-2H3,(H,22,23,26). The van der Waals surface area contributed by atoms with Crippen molar-refractivity contribution >= 4 is 32.6 Å². The number of nitrogens with zero attached hydrogens (tertiary/aromatic N) is 3. The lowest BCUT2D eigenvalue weighted by atomic mass is 10.1. The van der Waals surface area contributed by atoms with E-state index in [-0.39, 0.29) is 18.0 Å². The van der Waals surface area contributed by atoms with E-state index in [1.807, 2.05) is 49.4 Å². The number of carbonyl (C=O) groups excluding carboxylic acids is 1. The Hall–Kier alpha value is -3.52. The quantitative estimate of drug-likeness (QED) is 0.548. The zero-order valence-corrected chi connectivity index (χ0v) is 16.7. The summed E-state index contributed by atoms with van der Waals surface area (Å²) < 4.78 is 7.48. The minimum atomic E-state index is -0.368. The fraction of sp³-hybridized carbons (Fsp3) is 0.143. The molecule has 0 bridgehead atoms. The van der Waals surface area contributed by atoms with E-state index in [2.05, 4.69) is 15.4 Å². The highest BCUT2D eigenvalue weighted by Crippen LogP contribution is 2.28. The number of methoxy groups -OCH3 is 1. The Morgan fingerprint density at radius 2 is 2.00 bits per heavy atom. The molecule has 0 aliphatic carbocycles. The number of amides is 1. The minimum Gasteiger partial charge on any atom is -0.496 e. The predicted octanol–water partition coefficient (Wildman–Crippen LogP) is 3.48. The van der Waals surface area contributed by atoms with Crippen molar-refractivity contribution in [2.75, 3.05) is 12.4 Å². The monoisotopic (exact) mass is 406 g/mol. The van der Waals surface area contributed by atoms with Crippen LogP contribution in [-0.4, -0.2) is 27.8 Å². The van der Waals surface area contributed by atoms with Crippen LogP contribution >= 0.6 is 11.3 Å². The number of rotatable bonds is 5. The molecule has 0 saturated heterocycles. The fourth-order valence-corrected chi connectivity index (χ4v) is 3.92. The highest BCUT2D eigenvalue weighted by Gasteiger charge is 2.12. The van der Waals surface area contributed by atoms with Crippen molar-refractivity contribution in [3.8, 4) is 17.0 Å². The van der Waals surface area contributed by atoms with Crippen LogP contribution in [0.4, 0.5) is 5.13 Å². The maximum atomic E-state index is 12.5. The van der Waals surface area contributed by atoms with Gasteiger partial charge in [0.2, 0.25) is 5.91 Å². The van der Waals surface area contributed by atoms with Crippen LogP contribution in [0.2, 0.25) is 0 Å². The van der Waals surface area contributed by atoms with Gasteiger partial charge in [-0.3, -0.25) is 9.59 Å². The van der Waals surface area contributed by atoms with Gasteiger partial charge in [0.25, 0.3) is 5.56 Å². The van der Waals surface area contributed by atoms with E-state index in [9.17, 15) is 9.59 Å². The number of benzene rings is 2. The first-order valence-corrected chi connectivity index (χ1v) is 9.74. The normalized spacial score (nSPS) is 10.8. The average molecular weight is 406 g/mol. The average Bonchev–Trinajstić information content (AvgIpc) is 3.10. The number of anilines is 1. The largest absolute Gasteiger partial charge is 0.496 e. The molecule has 0 unspecified atom stereocenters. The lowest BCUT2D eigenvalue weighted by Gasteiger charge is -2.10. The van der Waals surface area contributed by atoms with E-state index in [4.69, 9.17) is 4.74 Å². The van der Waals surface area contributed by atoms with Crippen molar-refractivity contribution < 1.29 is 9.53 Å². The molecule has 0 atom stereocenters. The first-order chi connectivity index (χ1) is 14.0. The van der Waals surface area contributed by atoms with E-state index in [0.29, 0.717) is 16.6 Å². The van der Waals surface area contributed by atoms with Crippen molar-refractivity contribution in [3.63, 3.8) is 0 Å². The number of ether oxygens (including phenoxy) is 1. The van der Waals surface area contributed by atoms with E-state index in [1.54, 1.807) is 13.2 Å². The molecule has 4 aromatic rings. The summed E-state index contributed by atoms with van der Waals surface area (Å²) in [6.07, 6.45) is 0. The van der Waals surface area contributed by atoms with E-state index in [1.165, 1.54) is 17.4 Å². The molecule has 1 N–H and O–H groups in total. The summed E-state index contributed by atoms with van der Waals surface area (Å²) in [5.41, 5.74) is 2.88. The maximum absolute atomic E-state index is 12.5. The van der Waals surface area contributed by atoms with Crippen LogP contribution in [0.15, 0.2) is 59.4 Å². The summed E-state index contributed by atoms with van der Waals surface area (Å²) in [4.78, 5) is 29.1. The van der Waals surface area contributed by atoms with Crippen LogP contribution in [0.1, 0.15) is 5.56 Å². The SMILES string of the molecule is COc1ccccc1-c1ccc(=O)n(CC(=O)Nc2nc3ccc(C)cc3s2)n1. The highest BCUT2D eigenvalue weighted by atomic mass is 32.1. The van der Waals surface area contributed by atoms with Crippen LogP contribution in [0.5, 0.6) is 5.75 Å². The van der Waals surface area contributed by atoms with Crippen molar-refractivity contribution in [2.45, 2.75) is 13.5 Å². The van der Waals surface area contributed by atoms with Gasteiger partial charge in [-0.05, 0) is 42.8 Å². The van der Waals surface area contributed by atoms with Crippen molar-refractivity contribution in [3.05, 3.63) is 70.5 Å². The van der Waals surface area contributed by atoms with Crippen molar-refractivity contribution in [1.29, 1.82) is 0 Å². The number of hydrogen-bond donors (Lipinski definition) is 1. The maximum Gasteiger partial charge on any atom is 0.267 e. The number of carbonyl (C=O) groups is 1. The number of aromatic nitrogens is 3. The second-order valence-electron chi connectivity index (χ2n) is 6.45. The van der Waals surface area contributed by atoms with E-state index >= 15 is 0 Å². The summed E-state index contributed by atoms with van der Waals surface area (Å²) in [7, 11) is 1.57. The molecule has 1 amide bonds. The predicted molar refractivity (Wildman–Crippen MR) is 113 cm³/mol. The van der Waals surface area contributed by atoms with Crippen LogP contribution in [0.3, 0.4) is 0 Å². The molecule has 0 fully saturated rings. The Bertz CT molecular complexity index is 1260. The molecule has 146 valence electrons. The fourth-order valence-electron chi connectivity index (χ4n) is 2.94. The second kappa shape index (κ2) is 7.84. The molecule has 7 nitrogen and oxygen atoms in total. The second-order valence-corrected chi connectivity index (χ2v) is 7.48. The molecule has 0 radical (unpaired) electrons. The summed E-state index contributed by atoms with van der Waals surface area (Å²) in [6, 6.07) is 16.3. The van der Waals surface area contributed by atoms with Crippen molar-refractivity contribution in [1.82, 2.24) is 14.8 Å². The topological polar surface area (TPSA) is 86.1 Å². The van der Waals surface area contributed by atoms with Crippen LogP contribution in [0, 0.1) is 6.92 Å². The molecule has 0 aliphatic heterocycles. The van der Waals surface area contributed by atoms with Gasteiger partial charge in [0.1, 0.15) is 12.3 Å². The molecule has 0 saturated carbocycles. The minimum absolute atomic E-state index is 0.212. The van der Waals surface area contributed by atoms with Crippen molar-refractivity contribution in [2.24, 2.45) is 0 Å². The molecule has 8 heteroatoms. The molecule has 4 rings (SSSR count). The summed E-state index contributed by atoms with van der Waals surface area (Å²) in [5, 5.41) is 7.58. The van der Waals surface area contributed by atoms with Gasteiger partial charge in [-0.25, -0.2) is 9.67 Å². The molecular formula is C21H18N4O3S. The molecule has 29 heavy (non-hydrogen) atoms. The van der Waals surface area contributed by atoms with Crippen LogP contribution < -0.4 is 15.6 Å². The highest BCUT2D eigenvalue weighted by molar-refractivity contribution is 7.22. The first kappa shape index (κ1) is 18.8. The van der Waals surface area contributed by atoms with Gasteiger partial charge in [0.15, 0.2) is 5.13 Å². The molecule has 0 spiro atoms. The van der Waals surface area contributed by atoms with Gasteiger partial charge < -0.3 is 10.1 Å². The zero-order chi connectivity index (χ0) is 20.4. The third-order valence-electron chi connectivity index (χ3n) is 4.33. The van der Waals surface area contributed by atoms with Crippen LogP contribution in [0.25, 0.3) is 21.5 Å². The number of fused-ring (bicyclic) bond motifs is 1. The smallest absolute Gasteiger partial charge is 0.267 e. The zero-order valence-electron chi connectivity index (χ0n) is 15.9. The van der Waals surface area contributed by atoms with Gasteiger partial charge in [-0.2, -0.15) is 5.10 Å². The molecule has 2 heterocycles. The Labute approximate surface area is 170 Å². The van der Waals surface area contributed by atoms with E-state index < -0.39 is 0 Å². The van der Waals surface area contributed by atoms with Gasteiger partial charge in [0, 0.05) is 11.6 Å². The number of hydrogen-bond acceptors (Lipinski definition) is 6. The van der Waals surface area contributed by atoms with Crippen LogP contribution in [-0.2, 0) is 11.3 Å². The Balaban J connectivity index is 1.56. The number of thiazole rings is 1. The summed E-state index contributed by atoms with van der Waals surface area (Å²) in [5.74, 6) is 0.270. The summed E-state index contributed by atoms with van der Waals surface area (Å²) in [6.45, 7) is 1.79. The Morgan fingerprint density at radius 1 is 1.17 bits per heavy atom. The first-order valence-electron chi connectivity index (χ1n) is 8.92. The third-order valence-corrected chi connectivity index (χ3v) is 5.27. The molecular weight excluding hydrogens is 388 g/mol. The third kappa shape index (κ3) is 4.02. The van der Waals surface area contributed by atoms with Gasteiger partial charge in [0.05, 0.1) is 23.0 Å². The lowest BCUT2D eigenvalue weighted by molar-refractivity contribution is -0.117. The molecule has 2 aromatic carbocycles. The number of aryl methyl sites for hydroxylation is 1. The lowest BCUT2D eigenvalue weighted by Crippen LogP contribution is -2.29. The van der Waals surface area contributed by atoms with Gasteiger partial charge >= 0.3 is 0 Å². The van der Waals surface area contributed by atoms with E-state index in [0.717, 1.165) is 26.0 Å².